The predicted octanol–water partition coefficient (Wildman–Crippen LogP) is 1.71. The molecular formula is C19H22F2N4O2. The lowest BCUT2D eigenvalue weighted by Crippen LogP contribution is -2.57. The van der Waals surface area contributed by atoms with Crippen molar-refractivity contribution in [2.45, 2.75) is 38.5 Å². The molecule has 2 heterocycles. The van der Waals surface area contributed by atoms with Gasteiger partial charge < -0.3 is 15.3 Å². The Bertz CT molecular complexity index is 816. The summed E-state index contributed by atoms with van der Waals surface area (Å²) in [5.74, 6) is -2.40. The number of aliphatic hydroxyl groups is 1. The maximum Gasteiger partial charge on any atom is 0.256 e. The number of halogens is 2. The van der Waals surface area contributed by atoms with E-state index in [2.05, 4.69) is 15.3 Å². The highest BCUT2D eigenvalue weighted by molar-refractivity contribution is 5.86. The number of hydrogen-bond donors (Lipinski definition) is 2. The van der Waals surface area contributed by atoms with Crippen LogP contribution in [0.1, 0.15) is 29.8 Å². The SMILES string of the molecule is Cc1cnc(CNC[C@@]2(O)CCCN(Cc3cccc(F)c3F)C2=O)cn1. The maximum atomic E-state index is 13.9. The highest BCUT2D eigenvalue weighted by Gasteiger charge is 2.42. The molecule has 1 aliphatic heterocycles. The van der Waals surface area contributed by atoms with E-state index >= 15 is 0 Å². The van der Waals surface area contributed by atoms with Crippen molar-refractivity contribution in [2.75, 3.05) is 13.1 Å². The molecule has 2 N–H and O–H groups in total. The minimum absolute atomic E-state index is 0.0452. The molecule has 1 atom stereocenters. The van der Waals surface area contributed by atoms with Gasteiger partial charge in [-0.05, 0) is 25.8 Å². The molecular weight excluding hydrogens is 354 g/mol. The fourth-order valence-corrected chi connectivity index (χ4v) is 3.16. The third-order valence-corrected chi connectivity index (χ3v) is 4.65. The fourth-order valence-electron chi connectivity index (χ4n) is 3.16. The van der Waals surface area contributed by atoms with Crippen LogP contribution >= 0.6 is 0 Å². The van der Waals surface area contributed by atoms with E-state index in [9.17, 15) is 18.7 Å². The predicted molar refractivity (Wildman–Crippen MR) is 94.4 cm³/mol. The molecule has 1 saturated heterocycles. The van der Waals surface area contributed by atoms with Crippen molar-refractivity contribution >= 4 is 5.91 Å². The minimum atomic E-state index is -1.58. The van der Waals surface area contributed by atoms with Gasteiger partial charge in [-0.25, -0.2) is 8.78 Å². The van der Waals surface area contributed by atoms with Crippen LogP contribution in [0.25, 0.3) is 0 Å². The Kier molecular flexibility index (Phi) is 5.76. The standard InChI is InChI=1S/C19H22F2N4O2/c1-13-8-24-15(10-23-13)9-22-12-19(27)6-3-7-25(18(19)26)11-14-4-2-5-16(20)17(14)21/h2,4-5,8,10,22,27H,3,6-7,9,11-12H2,1H3/t19-/m0/s1. The summed E-state index contributed by atoms with van der Waals surface area (Å²) in [6.07, 6.45) is 4.16. The zero-order valence-electron chi connectivity index (χ0n) is 15.1. The topological polar surface area (TPSA) is 78.4 Å². The van der Waals surface area contributed by atoms with E-state index in [-0.39, 0.29) is 18.7 Å². The summed E-state index contributed by atoms with van der Waals surface area (Å²) in [5.41, 5.74) is 0.0156. The van der Waals surface area contributed by atoms with Crippen molar-refractivity contribution in [3.05, 3.63) is 59.2 Å². The van der Waals surface area contributed by atoms with Gasteiger partial charge in [0.1, 0.15) is 0 Å². The highest BCUT2D eigenvalue weighted by atomic mass is 19.2. The Morgan fingerprint density at radius 3 is 2.85 bits per heavy atom. The number of likely N-dealkylation sites (tertiary alicyclic amines) is 1. The normalized spacial score (nSPS) is 20.1. The Balaban J connectivity index is 1.62. The maximum absolute atomic E-state index is 13.9. The van der Waals surface area contributed by atoms with Gasteiger partial charge in [0.2, 0.25) is 0 Å². The Morgan fingerprint density at radius 1 is 1.30 bits per heavy atom. The van der Waals surface area contributed by atoms with Crippen LogP contribution in [0, 0.1) is 18.6 Å². The molecule has 1 aliphatic rings. The van der Waals surface area contributed by atoms with Crippen LogP contribution in [0.4, 0.5) is 8.78 Å². The molecule has 0 saturated carbocycles. The number of rotatable bonds is 6. The lowest BCUT2D eigenvalue weighted by atomic mass is 9.91. The van der Waals surface area contributed by atoms with Crippen LogP contribution in [0.5, 0.6) is 0 Å². The monoisotopic (exact) mass is 376 g/mol. The molecule has 0 radical (unpaired) electrons. The molecule has 2 aromatic rings. The van der Waals surface area contributed by atoms with Crippen molar-refractivity contribution in [1.29, 1.82) is 0 Å². The second-order valence-corrected chi connectivity index (χ2v) is 6.83. The van der Waals surface area contributed by atoms with Gasteiger partial charge in [-0.2, -0.15) is 0 Å². The zero-order chi connectivity index (χ0) is 19.4. The van der Waals surface area contributed by atoms with E-state index in [4.69, 9.17) is 0 Å². The molecule has 3 rings (SSSR count). The number of nitrogens with zero attached hydrogens (tertiary/aromatic N) is 3. The Hall–Kier alpha value is -2.45. The number of benzene rings is 1. The van der Waals surface area contributed by atoms with Gasteiger partial charge in [0.15, 0.2) is 17.2 Å². The van der Waals surface area contributed by atoms with E-state index in [1.807, 2.05) is 6.92 Å². The third-order valence-electron chi connectivity index (χ3n) is 4.65. The van der Waals surface area contributed by atoms with E-state index in [1.54, 1.807) is 12.4 Å². The summed E-state index contributed by atoms with van der Waals surface area (Å²) in [5, 5.41) is 13.8. The largest absolute Gasteiger partial charge is 0.379 e. The summed E-state index contributed by atoms with van der Waals surface area (Å²) in [4.78, 5) is 22.5. The average Bonchev–Trinajstić information content (AvgIpc) is 2.64. The molecule has 0 bridgehead atoms. The van der Waals surface area contributed by atoms with Crippen molar-refractivity contribution in [3.8, 4) is 0 Å². The number of carbonyl (C=O) groups excluding carboxylic acids is 1. The van der Waals surface area contributed by atoms with Crippen molar-refractivity contribution in [3.63, 3.8) is 0 Å². The molecule has 27 heavy (non-hydrogen) atoms. The summed E-state index contributed by atoms with van der Waals surface area (Å²) in [6.45, 7) is 2.56. The van der Waals surface area contributed by atoms with Crippen LogP contribution in [-0.4, -0.2) is 44.6 Å². The number of aryl methyl sites for hydroxylation is 1. The van der Waals surface area contributed by atoms with Crippen molar-refractivity contribution in [1.82, 2.24) is 20.2 Å². The number of aromatic nitrogens is 2. The Morgan fingerprint density at radius 2 is 2.11 bits per heavy atom. The van der Waals surface area contributed by atoms with Gasteiger partial charge in [0.05, 0.1) is 11.4 Å². The van der Waals surface area contributed by atoms with Crippen molar-refractivity contribution < 1.29 is 18.7 Å². The molecule has 0 spiro atoms. The molecule has 1 fully saturated rings. The molecule has 0 unspecified atom stereocenters. The minimum Gasteiger partial charge on any atom is -0.379 e. The molecule has 1 aromatic carbocycles. The first-order chi connectivity index (χ1) is 12.9. The van der Waals surface area contributed by atoms with E-state index in [1.165, 1.54) is 17.0 Å². The van der Waals surface area contributed by atoms with Crippen LogP contribution in [0.3, 0.4) is 0 Å². The molecule has 1 aromatic heterocycles. The van der Waals surface area contributed by atoms with Gasteiger partial charge in [0, 0.05) is 44.1 Å². The first kappa shape index (κ1) is 19.3. The molecule has 8 heteroatoms. The quantitative estimate of drug-likeness (QED) is 0.803. The smallest absolute Gasteiger partial charge is 0.256 e. The van der Waals surface area contributed by atoms with Gasteiger partial charge >= 0.3 is 0 Å². The number of carbonyl (C=O) groups is 1. The van der Waals surface area contributed by atoms with Gasteiger partial charge in [-0.3, -0.25) is 14.8 Å². The van der Waals surface area contributed by atoms with Crippen LogP contribution in [-0.2, 0) is 17.9 Å². The fraction of sp³-hybridized carbons (Fsp3) is 0.421. The van der Waals surface area contributed by atoms with Gasteiger partial charge in [0.25, 0.3) is 5.91 Å². The zero-order valence-corrected chi connectivity index (χ0v) is 15.1. The van der Waals surface area contributed by atoms with Crippen LogP contribution in [0.2, 0.25) is 0 Å². The Labute approximate surface area is 156 Å². The highest BCUT2D eigenvalue weighted by Crippen LogP contribution is 2.25. The second-order valence-electron chi connectivity index (χ2n) is 6.83. The molecule has 0 aliphatic carbocycles. The van der Waals surface area contributed by atoms with Crippen LogP contribution < -0.4 is 5.32 Å². The van der Waals surface area contributed by atoms with Gasteiger partial charge in [-0.1, -0.05) is 12.1 Å². The number of hydrogen-bond acceptors (Lipinski definition) is 5. The molecule has 144 valence electrons. The number of amides is 1. The first-order valence-corrected chi connectivity index (χ1v) is 8.82. The first-order valence-electron chi connectivity index (χ1n) is 8.82. The van der Waals surface area contributed by atoms with Crippen LogP contribution in [0.15, 0.2) is 30.6 Å². The number of nitrogens with one attached hydrogen (secondary N) is 1. The average molecular weight is 376 g/mol. The van der Waals surface area contributed by atoms with E-state index in [0.29, 0.717) is 31.6 Å². The number of piperidine rings is 1. The van der Waals surface area contributed by atoms with Gasteiger partial charge in [-0.15, -0.1) is 0 Å². The summed E-state index contributed by atoms with van der Waals surface area (Å²) in [6, 6.07) is 3.87. The van der Waals surface area contributed by atoms with E-state index < -0.39 is 23.1 Å². The second kappa shape index (κ2) is 8.06. The summed E-state index contributed by atoms with van der Waals surface area (Å²) in [7, 11) is 0. The summed E-state index contributed by atoms with van der Waals surface area (Å²) >= 11 is 0. The molecule has 6 nitrogen and oxygen atoms in total. The van der Waals surface area contributed by atoms with Crippen molar-refractivity contribution in [2.24, 2.45) is 0 Å². The third kappa shape index (κ3) is 4.45. The van der Waals surface area contributed by atoms with E-state index in [0.717, 1.165) is 11.8 Å². The lowest BCUT2D eigenvalue weighted by molar-refractivity contribution is -0.157. The molecule has 1 amide bonds. The lowest BCUT2D eigenvalue weighted by Gasteiger charge is -2.38. The summed E-state index contributed by atoms with van der Waals surface area (Å²) < 4.78 is 27.3.